The lowest BCUT2D eigenvalue weighted by Gasteiger charge is -2.18. The van der Waals surface area contributed by atoms with Crippen molar-refractivity contribution >= 4 is 49.7 Å². The number of nitrogens with two attached hydrogens (primary N) is 1. The standard InChI is InChI=1S/C17H16N6O3S/c1-22(9-8-16(18)24)12-4-2-11(3-5-12)20-21-17-19-14-7-6-13(23(25)26)10-15(14)27-17/h2-7,10H,8-9H2,1H3,(H2,18,24). The Kier molecular flexibility index (Phi) is 5.36. The van der Waals surface area contributed by atoms with Gasteiger partial charge < -0.3 is 10.6 Å². The fourth-order valence-electron chi connectivity index (χ4n) is 2.34. The zero-order valence-corrected chi connectivity index (χ0v) is 15.2. The molecule has 1 heterocycles. The Bertz CT molecular complexity index is 1020. The van der Waals surface area contributed by atoms with Gasteiger partial charge in [0.25, 0.3) is 5.69 Å². The maximum Gasteiger partial charge on any atom is 0.270 e. The van der Waals surface area contributed by atoms with Crippen LogP contribution in [-0.4, -0.2) is 29.4 Å². The lowest BCUT2D eigenvalue weighted by molar-refractivity contribution is -0.384. The van der Waals surface area contributed by atoms with Crippen LogP contribution >= 0.6 is 11.3 Å². The lowest BCUT2D eigenvalue weighted by atomic mass is 10.2. The van der Waals surface area contributed by atoms with Crippen LogP contribution in [0.3, 0.4) is 0 Å². The summed E-state index contributed by atoms with van der Waals surface area (Å²) in [6.45, 7) is 0.536. The molecule has 0 bridgehead atoms. The van der Waals surface area contributed by atoms with E-state index < -0.39 is 4.92 Å². The second kappa shape index (κ2) is 7.87. The van der Waals surface area contributed by atoms with Crippen LogP contribution in [0.15, 0.2) is 52.7 Å². The van der Waals surface area contributed by atoms with Crippen molar-refractivity contribution in [1.82, 2.24) is 4.98 Å². The van der Waals surface area contributed by atoms with E-state index in [0.717, 1.165) is 5.69 Å². The zero-order valence-electron chi connectivity index (χ0n) is 14.4. The van der Waals surface area contributed by atoms with E-state index in [1.807, 2.05) is 24.1 Å². The highest BCUT2D eigenvalue weighted by Gasteiger charge is 2.10. The van der Waals surface area contributed by atoms with Gasteiger partial charge in [0.1, 0.15) is 0 Å². The molecule has 0 aliphatic rings. The molecular formula is C17H16N6O3S. The number of hydrogen-bond donors (Lipinski definition) is 1. The first-order valence-electron chi connectivity index (χ1n) is 7.98. The molecule has 0 spiro atoms. The number of carbonyl (C=O) groups is 1. The first kappa shape index (κ1) is 18.4. The van der Waals surface area contributed by atoms with Crippen LogP contribution in [0.25, 0.3) is 10.2 Å². The van der Waals surface area contributed by atoms with Crippen molar-refractivity contribution in [2.75, 3.05) is 18.5 Å². The summed E-state index contributed by atoms with van der Waals surface area (Å²) in [6, 6.07) is 11.8. The SMILES string of the molecule is CN(CCC(N)=O)c1ccc(N=Nc2nc3ccc([N+](=O)[O-])cc3s2)cc1. The predicted octanol–water partition coefficient (Wildman–Crippen LogP) is 3.93. The number of nitro benzene ring substituents is 1. The zero-order chi connectivity index (χ0) is 19.4. The van der Waals surface area contributed by atoms with E-state index in [1.54, 1.807) is 18.2 Å². The molecule has 3 aromatic rings. The number of aromatic nitrogens is 1. The summed E-state index contributed by atoms with van der Waals surface area (Å²) in [7, 11) is 1.87. The Morgan fingerprint density at radius 3 is 2.67 bits per heavy atom. The van der Waals surface area contributed by atoms with Crippen molar-refractivity contribution in [1.29, 1.82) is 0 Å². The van der Waals surface area contributed by atoms with E-state index in [4.69, 9.17) is 5.73 Å². The fraction of sp³-hybridized carbons (Fsp3) is 0.176. The molecule has 0 fully saturated rings. The van der Waals surface area contributed by atoms with Gasteiger partial charge in [0.05, 0.1) is 20.8 Å². The number of non-ortho nitro benzene ring substituents is 1. The number of fused-ring (bicyclic) bond motifs is 1. The molecule has 1 amide bonds. The number of carbonyl (C=O) groups excluding carboxylic acids is 1. The molecule has 2 aromatic carbocycles. The minimum absolute atomic E-state index is 0.0192. The highest BCUT2D eigenvalue weighted by molar-refractivity contribution is 7.21. The molecule has 9 nitrogen and oxygen atoms in total. The van der Waals surface area contributed by atoms with Crippen molar-refractivity contribution in [2.45, 2.75) is 6.42 Å². The molecule has 27 heavy (non-hydrogen) atoms. The Morgan fingerprint density at radius 2 is 2.00 bits per heavy atom. The van der Waals surface area contributed by atoms with Crippen molar-refractivity contribution in [3.05, 3.63) is 52.6 Å². The molecule has 0 radical (unpaired) electrons. The van der Waals surface area contributed by atoms with E-state index in [2.05, 4.69) is 15.2 Å². The van der Waals surface area contributed by atoms with Crippen molar-refractivity contribution in [3.63, 3.8) is 0 Å². The molecule has 3 rings (SSSR count). The summed E-state index contributed by atoms with van der Waals surface area (Å²) < 4.78 is 0.685. The highest BCUT2D eigenvalue weighted by Crippen LogP contribution is 2.32. The Hall–Kier alpha value is -3.40. The number of nitrogens with zero attached hydrogens (tertiary/aromatic N) is 5. The maximum absolute atomic E-state index is 10.9. The van der Waals surface area contributed by atoms with Gasteiger partial charge in [-0.05, 0) is 30.3 Å². The fourth-order valence-corrected chi connectivity index (χ4v) is 3.16. The molecule has 0 saturated heterocycles. The van der Waals surface area contributed by atoms with E-state index in [0.29, 0.717) is 27.6 Å². The van der Waals surface area contributed by atoms with Crippen LogP contribution in [0.1, 0.15) is 6.42 Å². The number of benzene rings is 2. The molecule has 0 aliphatic carbocycles. The van der Waals surface area contributed by atoms with E-state index in [1.165, 1.54) is 23.5 Å². The quantitative estimate of drug-likeness (QED) is 0.375. The van der Waals surface area contributed by atoms with Gasteiger partial charge >= 0.3 is 0 Å². The molecule has 10 heteroatoms. The maximum atomic E-state index is 10.9. The van der Waals surface area contributed by atoms with Gasteiger partial charge in [-0.2, -0.15) is 0 Å². The average Bonchev–Trinajstić information content (AvgIpc) is 3.06. The smallest absolute Gasteiger partial charge is 0.270 e. The minimum Gasteiger partial charge on any atom is -0.374 e. The number of rotatable bonds is 7. The van der Waals surface area contributed by atoms with Crippen LogP contribution in [0.2, 0.25) is 0 Å². The lowest BCUT2D eigenvalue weighted by Crippen LogP contribution is -2.23. The summed E-state index contributed by atoms with van der Waals surface area (Å²) in [5, 5.41) is 19.5. The molecule has 138 valence electrons. The molecule has 0 saturated carbocycles. The Balaban J connectivity index is 1.71. The van der Waals surface area contributed by atoms with Gasteiger partial charge in [-0.25, -0.2) is 4.98 Å². The third-order valence-corrected chi connectivity index (χ3v) is 4.71. The summed E-state index contributed by atoms with van der Waals surface area (Å²) in [5.41, 5.74) is 7.40. The number of thiazole rings is 1. The van der Waals surface area contributed by atoms with Gasteiger partial charge in [-0.1, -0.05) is 11.3 Å². The molecule has 2 N–H and O–H groups in total. The summed E-state index contributed by atoms with van der Waals surface area (Å²) >= 11 is 1.24. The predicted molar refractivity (Wildman–Crippen MR) is 104 cm³/mol. The number of amides is 1. The molecule has 0 aliphatic heterocycles. The summed E-state index contributed by atoms with van der Waals surface area (Å²) in [6.07, 6.45) is 0.285. The molecular weight excluding hydrogens is 368 g/mol. The second-order valence-electron chi connectivity index (χ2n) is 5.76. The van der Waals surface area contributed by atoms with Gasteiger partial charge in [-0.3, -0.25) is 14.9 Å². The first-order valence-corrected chi connectivity index (χ1v) is 8.80. The number of nitro groups is 1. The van der Waals surface area contributed by atoms with Crippen molar-refractivity contribution in [3.8, 4) is 0 Å². The van der Waals surface area contributed by atoms with Crippen LogP contribution in [0, 0.1) is 10.1 Å². The summed E-state index contributed by atoms with van der Waals surface area (Å²) in [5.74, 6) is -0.339. The minimum atomic E-state index is -0.442. The number of azo groups is 1. The Labute approximate surface area is 158 Å². The van der Waals surface area contributed by atoms with Crippen LogP contribution in [0.5, 0.6) is 0 Å². The number of anilines is 1. The molecule has 0 atom stereocenters. The monoisotopic (exact) mass is 384 g/mol. The summed E-state index contributed by atoms with van der Waals surface area (Å²) in [4.78, 5) is 27.5. The molecule has 1 aromatic heterocycles. The topological polar surface area (TPSA) is 127 Å². The van der Waals surface area contributed by atoms with Crippen molar-refractivity contribution < 1.29 is 9.72 Å². The van der Waals surface area contributed by atoms with Gasteiger partial charge in [0.15, 0.2) is 0 Å². The Morgan fingerprint density at radius 1 is 1.26 bits per heavy atom. The van der Waals surface area contributed by atoms with Gasteiger partial charge in [0, 0.05) is 37.8 Å². The van der Waals surface area contributed by atoms with Crippen LogP contribution in [0.4, 0.5) is 22.2 Å². The van der Waals surface area contributed by atoms with E-state index >= 15 is 0 Å². The average molecular weight is 384 g/mol. The number of primary amides is 1. The molecule has 0 unspecified atom stereocenters. The highest BCUT2D eigenvalue weighted by atomic mass is 32.1. The van der Waals surface area contributed by atoms with E-state index in [9.17, 15) is 14.9 Å². The van der Waals surface area contributed by atoms with Gasteiger partial charge in [0.2, 0.25) is 11.0 Å². The normalized spacial score (nSPS) is 11.1. The third kappa shape index (κ3) is 4.61. The number of hydrogen-bond acceptors (Lipinski definition) is 8. The first-order chi connectivity index (χ1) is 12.9. The van der Waals surface area contributed by atoms with E-state index in [-0.39, 0.29) is 18.0 Å². The van der Waals surface area contributed by atoms with Crippen LogP contribution < -0.4 is 10.6 Å². The second-order valence-corrected chi connectivity index (χ2v) is 6.77. The van der Waals surface area contributed by atoms with Gasteiger partial charge in [-0.15, -0.1) is 10.2 Å². The third-order valence-electron chi connectivity index (χ3n) is 3.81. The van der Waals surface area contributed by atoms with Crippen molar-refractivity contribution in [2.24, 2.45) is 16.0 Å². The largest absolute Gasteiger partial charge is 0.374 e. The van der Waals surface area contributed by atoms with Crippen LogP contribution in [-0.2, 0) is 4.79 Å².